The molecule has 1 rings (SSSR count). The van der Waals surface area contributed by atoms with Crippen LogP contribution in [0.4, 0.5) is 0 Å². The zero-order valence-electron chi connectivity index (χ0n) is 7.86. The molecule has 0 bridgehead atoms. The minimum Gasteiger partial charge on any atom is -0.394 e. The Morgan fingerprint density at radius 2 is 2.57 bits per heavy atom. The molecule has 0 spiro atoms. The lowest BCUT2D eigenvalue weighted by Crippen LogP contribution is -2.35. The van der Waals surface area contributed by atoms with Crippen LogP contribution in [-0.4, -0.2) is 28.6 Å². The van der Waals surface area contributed by atoms with Gasteiger partial charge in [-0.25, -0.2) is 4.98 Å². The SMILES string of the molecule is C[C@@H](CO)NC(=O)c1csc(CN)n1. The summed E-state index contributed by atoms with van der Waals surface area (Å²) in [5, 5.41) is 13.7. The molecule has 1 heterocycles. The first-order valence-corrected chi connectivity index (χ1v) is 5.11. The van der Waals surface area contributed by atoms with E-state index in [0.29, 0.717) is 12.2 Å². The molecule has 0 fully saturated rings. The highest BCUT2D eigenvalue weighted by Gasteiger charge is 2.11. The van der Waals surface area contributed by atoms with E-state index in [0.717, 1.165) is 5.01 Å². The van der Waals surface area contributed by atoms with Gasteiger partial charge < -0.3 is 16.2 Å². The normalized spacial score (nSPS) is 12.5. The molecule has 6 heteroatoms. The zero-order valence-corrected chi connectivity index (χ0v) is 8.67. The van der Waals surface area contributed by atoms with E-state index in [1.54, 1.807) is 12.3 Å². The Morgan fingerprint density at radius 1 is 1.86 bits per heavy atom. The number of aromatic nitrogens is 1. The molecule has 0 radical (unpaired) electrons. The van der Waals surface area contributed by atoms with Crippen molar-refractivity contribution in [3.8, 4) is 0 Å². The van der Waals surface area contributed by atoms with Gasteiger partial charge in [-0.1, -0.05) is 0 Å². The Kier molecular flexibility index (Phi) is 3.99. The quantitative estimate of drug-likeness (QED) is 0.644. The number of carbonyl (C=O) groups excluding carboxylic acids is 1. The Bertz CT molecular complexity index is 313. The predicted molar refractivity (Wildman–Crippen MR) is 54.0 cm³/mol. The minimum atomic E-state index is -0.275. The highest BCUT2D eigenvalue weighted by atomic mass is 32.1. The number of aliphatic hydroxyl groups excluding tert-OH is 1. The van der Waals surface area contributed by atoms with Crippen molar-refractivity contribution in [2.75, 3.05) is 6.61 Å². The molecule has 0 aliphatic carbocycles. The number of rotatable bonds is 4. The van der Waals surface area contributed by atoms with Gasteiger partial charge in [0.25, 0.3) is 5.91 Å². The molecule has 1 atom stereocenters. The first kappa shape index (κ1) is 11.1. The molecule has 0 aliphatic rings. The molecule has 0 saturated carbocycles. The van der Waals surface area contributed by atoms with Gasteiger partial charge in [0.2, 0.25) is 0 Å². The van der Waals surface area contributed by atoms with Crippen LogP contribution in [0.15, 0.2) is 5.38 Å². The fourth-order valence-corrected chi connectivity index (χ4v) is 1.51. The number of nitrogens with two attached hydrogens (primary N) is 1. The minimum absolute atomic E-state index is 0.0837. The van der Waals surface area contributed by atoms with Crippen molar-refractivity contribution in [2.45, 2.75) is 19.5 Å². The molecular formula is C8H13N3O2S. The van der Waals surface area contributed by atoms with Gasteiger partial charge >= 0.3 is 0 Å². The average Bonchev–Trinajstić information content (AvgIpc) is 2.65. The van der Waals surface area contributed by atoms with Gasteiger partial charge in [-0.3, -0.25) is 4.79 Å². The highest BCUT2D eigenvalue weighted by molar-refractivity contribution is 7.09. The van der Waals surface area contributed by atoms with Gasteiger partial charge in [-0.05, 0) is 6.92 Å². The van der Waals surface area contributed by atoms with Crippen LogP contribution in [0.25, 0.3) is 0 Å². The van der Waals surface area contributed by atoms with E-state index in [1.807, 2.05) is 0 Å². The van der Waals surface area contributed by atoms with E-state index in [4.69, 9.17) is 10.8 Å². The summed E-state index contributed by atoms with van der Waals surface area (Å²) in [4.78, 5) is 15.4. The van der Waals surface area contributed by atoms with Crippen molar-refractivity contribution < 1.29 is 9.90 Å². The molecule has 14 heavy (non-hydrogen) atoms. The van der Waals surface area contributed by atoms with Crippen molar-refractivity contribution in [1.29, 1.82) is 0 Å². The van der Waals surface area contributed by atoms with Gasteiger partial charge in [0, 0.05) is 18.0 Å². The third-order valence-electron chi connectivity index (χ3n) is 1.61. The first-order chi connectivity index (χ1) is 6.67. The predicted octanol–water partition coefficient (Wildman–Crippen LogP) is -0.288. The van der Waals surface area contributed by atoms with Crippen LogP contribution in [0.1, 0.15) is 22.4 Å². The van der Waals surface area contributed by atoms with Crippen LogP contribution >= 0.6 is 11.3 Å². The van der Waals surface area contributed by atoms with Crippen LogP contribution in [-0.2, 0) is 6.54 Å². The number of hydrogen-bond donors (Lipinski definition) is 3. The zero-order chi connectivity index (χ0) is 10.6. The lowest BCUT2D eigenvalue weighted by molar-refractivity contribution is 0.0918. The summed E-state index contributed by atoms with van der Waals surface area (Å²) in [5.41, 5.74) is 5.72. The van der Waals surface area contributed by atoms with Gasteiger partial charge in [0.05, 0.1) is 6.61 Å². The third kappa shape index (κ3) is 2.76. The van der Waals surface area contributed by atoms with E-state index in [-0.39, 0.29) is 18.6 Å². The summed E-state index contributed by atoms with van der Waals surface area (Å²) in [5.74, 6) is -0.275. The smallest absolute Gasteiger partial charge is 0.271 e. The van der Waals surface area contributed by atoms with E-state index in [2.05, 4.69) is 10.3 Å². The molecule has 0 aliphatic heterocycles. The first-order valence-electron chi connectivity index (χ1n) is 4.23. The maximum atomic E-state index is 11.4. The maximum absolute atomic E-state index is 11.4. The van der Waals surface area contributed by atoms with Gasteiger partial charge in [0.15, 0.2) is 0 Å². The summed E-state index contributed by atoms with van der Waals surface area (Å²) in [6.07, 6.45) is 0. The highest BCUT2D eigenvalue weighted by Crippen LogP contribution is 2.08. The summed E-state index contributed by atoms with van der Waals surface area (Å²) < 4.78 is 0. The molecule has 1 aromatic heterocycles. The van der Waals surface area contributed by atoms with Gasteiger partial charge in [0.1, 0.15) is 10.7 Å². The van der Waals surface area contributed by atoms with Gasteiger partial charge in [-0.2, -0.15) is 0 Å². The lowest BCUT2D eigenvalue weighted by atomic mass is 10.3. The number of carbonyl (C=O) groups is 1. The largest absolute Gasteiger partial charge is 0.394 e. The van der Waals surface area contributed by atoms with E-state index in [1.165, 1.54) is 11.3 Å². The molecule has 0 saturated heterocycles. The average molecular weight is 215 g/mol. The number of aliphatic hydroxyl groups is 1. The van der Waals surface area contributed by atoms with Crippen LogP contribution in [0, 0.1) is 0 Å². The van der Waals surface area contributed by atoms with Crippen molar-refractivity contribution >= 4 is 17.2 Å². The molecular weight excluding hydrogens is 202 g/mol. The second-order valence-corrected chi connectivity index (χ2v) is 3.83. The Balaban J connectivity index is 2.60. The molecule has 0 unspecified atom stereocenters. The second-order valence-electron chi connectivity index (χ2n) is 2.89. The van der Waals surface area contributed by atoms with Crippen molar-refractivity contribution in [3.05, 3.63) is 16.1 Å². The molecule has 78 valence electrons. The summed E-state index contributed by atoms with van der Waals surface area (Å²) in [7, 11) is 0. The topological polar surface area (TPSA) is 88.2 Å². The number of thiazole rings is 1. The van der Waals surface area contributed by atoms with Gasteiger partial charge in [-0.15, -0.1) is 11.3 Å². The summed E-state index contributed by atoms with van der Waals surface area (Å²) >= 11 is 1.35. The Hall–Kier alpha value is -0.980. The fourth-order valence-electron chi connectivity index (χ4n) is 0.852. The lowest BCUT2D eigenvalue weighted by Gasteiger charge is -2.08. The standard InChI is InChI=1S/C8H13N3O2S/c1-5(3-12)10-8(13)6-4-14-7(2-9)11-6/h4-5,12H,2-3,9H2,1H3,(H,10,13)/t5-/m0/s1. The van der Waals surface area contributed by atoms with Crippen LogP contribution < -0.4 is 11.1 Å². The monoisotopic (exact) mass is 215 g/mol. The summed E-state index contributed by atoms with van der Waals surface area (Å²) in [6, 6.07) is -0.259. The van der Waals surface area contributed by atoms with Crippen LogP contribution in [0.2, 0.25) is 0 Å². The number of nitrogens with one attached hydrogen (secondary N) is 1. The van der Waals surface area contributed by atoms with Crippen LogP contribution in [0.5, 0.6) is 0 Å². The number of nitrogens with zero attached hydrogens (tertiary/aromatic N) is 1. The Labute approximate surface area is 86.0 Å². The van der Waals surface area contributed by atoms with Crippen molar-refractivity contribution in [3.63, 3.8) is 0 Å². The summed E-state index contributed by atoms with van der Waals surface area (Å²) in [6.45, 7) is 1.97. The van der Waals surface area contributed by atoms with E-state index < -0.39 is 0 Å². The fraction of sp³-hybridized carbons (Fsp3) is 0.500. The van der Waals surface area contributed by atoms with E-state index in [9.17, 15) is 4.79 Å². The number of amides is 1. The molecule has 5 nitrogen and oxygen atoms in total. The molecule has 0 aromatic carbocycles. The molecule has 1 amide bonds. The Morgan fingerprint density at radius 3 is 3.07 bits per heavy atom. The van der Waals surface area contributed by atoms with Crippen molar-refractivity contribution in [1.82, 2.24) is 10.3 Å². The number of hydrogen-bond acceptors (Lipinski definition) is 5. The second kappa shape index (κ2) is 5.04. The maximum Gasteiger partial charge on any atom is 0.271 e. The third-order valence-corrected chi connectivity index (χ3v) is 2.48. The molecule has 4 N–H and O–H groups in total. The molecule has 1 aromatic rings. The van der Waals surface area contributed by atoms with E-state index >= 15 is 0 Å². The van der Waals surface area contributed by atoms with Crippen molar-refractivity contribution in [2.24, 2.45) is 5.73 Å². The van der Waals surface area contributed by atoms with Crippen LogP contribution in [0.3, 0.4) is 0 Å².